The van der Waals surface area contributed by atoms with Gasteiger partial charge >= 0.3 is 0 Å². The molecule has 1 fully saturated rings. The van der Waals surface area contributed by atoms with Crippen molar-refractivity contribution >= 4 is 11.8 Å². The van der Waals surface area contributed by atoms with Gasteiger partial charge in [0.15, 0.2) is 0 Å². The molecule has 5 nitrogen and oxygen atoms in total. The smallest absolute Gasteiger partial charge is 0.237 e. The molecule has 1 aromatic rings. The highest BCUT2D eigenvalue weighted by Gasteiger charge is 2.28. The lowest BCUT2D eigenvalue weighted by molar-refractivity contribution is -0.134. The molecule has 1 N–H and O–H groups in total. The molecule has 1 aromatic carbocycles. The molecular formula is C20H31N3O2. The lowest BCUT2D eigenvalue weighted by Gasteiger charge is -2.38. The third-order valence-electron chi connectivity index (χ3n) is 4.56. The maximum Gasteiger partial charge on any atom is 0.237 e. The van der Waals surface area contributed by atoms with Crippen molar-refractivity contribution < 1.29 is 9.59 Å². The first-order valence-corrected chi connectivity index (χ1v) is 9.14. The van der Waals surface area contributed by atoms with Crippen LogP contribution in [0.1, 0.15) is 39.7 Å². The molecule has 0 aromatic heterocycles. The molecular weight excluding hydrogens is 314 g/mol. The zero-order valence-electron chi connectivity index (χ0n) is 15.9. The second kappa shape index (κ2) is 8.48. The van der Waals surface area contributed by atoms with Crippen molar-refractivity contribution in [1.82, 2.24) is 15.1 Å². The molecule has 1 aliphatic heterocycles. The van der Waals surface area contributed by atoms with E-state index in [-0.39, 0.29) is 23.4 Å². The number of nitrogens with zero attached hydrogens (tertiary/aromatic N) is 2. The minimum Gasteiger partial charge on any atom is -0.350 e. The van der Waals surface area contributed by atoms with Gasteiger partial charge in [-0.1, -0.05) is 30.3 Å². The second-order valence-corrected chi connectivity index (χ2v) is 7.82. The molecule has 0 radical (unpaired) electrons. The summed E-state index contributed by atoms with van der Waals surface area (Å²) < 4.78 is 0. The van der Waals surface area contributed by atoms with Crippen LogP contribution in [0.15, 0.2) is 30.3 Å². The molecule has 0 bridgehead atoms. The maximum absolute atomic E-state index is 12.4. The highest BCUT2D eigenvalue weighted by atomic mass is 16.2. The molecule has 1 saturated heterocycles. The number of carbonyl (C=O) groups excluding carboxylic acids is 2. The van der Waals surface area contributed by atoms with E-state index in [9.17, 15) is 9.59 Å². The fourth-order valence-electron chi connectivity index (χ4n) is 3.05. The van der Waals surface area contributed by atoms with Gasteiger partial charge in [0.25, 0.3) is 0 Å². The Morgan fingerprint density at radius 3 is 2.24 bits per heavy atom. The van der Waals surface area contributed by atoms with Crippen molar-refractivity contribution in [1.29, 1.82) is 0 Å². The van der Waals surface area contributed by atoms with E-state index in [2.05, 4.69) is 22.3 Å². The van der Waals surface area contributed by atoms with Crippen molar-refractivity contribution in [2.45, 2.75) is 52.1 Å². The second-order valence-electron chi connectivity index (χ2n) is 7.82. The Morgan fingerprint density at radius 1 is 1.08 bits per heavy atom. The van der Waals surface area contributed by atoms with Gasteiger partial charge in [0.05, 0.1) is 6.04 Å². The van der Waals surface area contributed by atoms with Crippen LogP contribution in [0.4, 0.5) is 0 Å². The Bertz CT molecular complexity index is 572. The summed E-state index contributed by atoms with van der Waals surface area (Å²) in [6.45, 7) is 10.8. The molecule has 2 rings (SSSR count). The molecule has 1 aliphatic rings. The monoisotopic (exact) mass is 345 g/mol. The highest BCUT2D eigenvalue weighted by Crippen LogP contribution is 2.11. The van der Waals surface area contributed by atoms with Crippen molar-refractivity contribution in [3.63, 3.8) is 0 Å². The van der Waals surface area contributed by atoms with E-state index in [1.165, 1.54) is 5.56 Å². The SMILES string of the molecule is CC(C(=O)NC(C)(C)C)N1CCN(C(=O)CCc2ccccc2)CC1. The van der Waals surface area contributed by atoms with Crippen molar-refractivity contribution in [2.75, 3.05) is 26.2 Å². The molecule has 1 atom stereocenters. The summed E-state index contributed by atoms with van der Waals surface area (Å²) in [6.07, 6.45) is 1.33. The fraction of sp³-hybridized carbons (Fsp3) is 0.600. The minimum absolute atomic E-state index is 0.0522. The first-order chi connectivity index (χ1) is 11.8. The van der Waals surface area contributed by atoms with Crippen LogP contribution in [0.3, 0.4) is 0 Å². The summed E-state index contributed by atoms with van der Waals surface area (Å²) in [5.74, 6) is 0.256. The predicted octanol–water partition coefficient (Wildman–Crippen LogP) is 2.07. The lowest BCUT2D eigenvalue weighted by atomic mass is 10.1. The van der Waals surface area contributed by atoms with Crippen molar-refractivity contribution in [3.8, 4) is 0 Å². The van der Waals surface area contributed by atoms with Crippen LogP contribution < -0.4 is 5.32 Å². The predicted molar refractivity (Wildman–Crippen MR) is 100 cm³/mol. The van der Waals surface area contributed by atoms with E-state index in [0.29, 0.717) is 19.5 Å². The van der Waals surface area contributed by atoms with Crippen LogP contribution >= 0.6 is 0 Å². The molecule has 5 heteroatoms. The number of benzene rings is 1. The molecule has 0 spiro atoms. The van der Waals surface area contributed by atoms with Crippen LogP contribution in [-0.4, -0.2) is 59.4 Å². The third-order valence-corrected chi connectivity index (χ3v) is 4.56. The molecule has 0 saturated carbocycles. The van der Waals surface area contributed by atoms with E-state index in [1.54, 1.807) is 0 Å². The van der Waals surface area contributed by atoms with Gasteiger partial charge in [0.2, 0.25) is 11.8 Å². The van der Waals surface area contributed by atoms with Gasteiger partial charge in [0, 0.05) is 38.1 Å². The molecule has 25 heavy (non-hydrogen) atoms. The zero-order valence-corrected chi connectivity index (χ0v) is 15.9. The standard InChI is InChI=1S/C20H31N3O2/c1-16(19(25)21-20(2,3)4)22-12-14-23(15-13-22)18(24)11-10-17-8-6-5-7-9-17/h5-9,16H,10-15H2,1-4H3,(H,21,25). The summed E-state index contributed by atoms with van der Waals surface area (Å²) in [7, 11) is 0. The van der Waals surface area contributed by atoms with Crippen LogP contribution in [0.2, 0.25) is 0 Å². The van der Waals surface area contributed by atoms with Gasteiger partial charge in [-0.3, -0.25) is 14.5 Å². The summed E-state index contributed by atoms with van der Waals surface area (Å²) in [5, 5.41) is 3.03. The zero-order chi connectivity index (χ0) is 18.4. The number of aryl methyl sites for hydroxylation is 1. The first kappa shape index (κ1) is 19.4. The summed E-state index contributed by atoms with van der Waals surface area (Å²) in [4.78, 5) is 28.8. The summed E-state index contributed by atoms with van der Waals surface area (Å²) >= 11 is 0. The first-order valence-electron chi connectivity index (χ1n) is 9.14. The van der Waals surface area contributed by atoms with Crippen LogP contribution in [-0.2, 0) is 16.0 Å². The highest BCUT2D eigenvalue weighted by molar-refractivity contribution is 5.82. The summed E-state index contributed by atoms with van der Waals surface area (Å²) in [5.41, 5.74) is 0.975. The van der Waals surface area contributed by atoms with Gasteiger partial charge in [-0.2, -0.15) is 0 Å². The van der Waals surface area contributed by atoms with Crippen molar-refractivity contribution in [3.05, 3.63) is 35.9 Å². The van der Waals surface area contributed by atoms with E-state index < -0.39 is 0 Å². The number of amides is 2. The van der Waals surface area contributed by atoms with Crippen LogP contribution in [0.25, 0.3) is 0 Å². The molecule has 2 amide bonds. The van der Waals surface area contributed by atoms with Gasteiger partial charge in [-0.05, 0) is 39.7 Å². The average molecular weight is 345 g/mol. The van der Waals surface area contributed by atoms with E-state index in [1.807, 2.05) is 50.8 Å². The number of nitrogens with one attached hydrogen (secondary N) is 1. The number of hydrogen-bond donors (Lipinski definition) is 1. The van der Waals surface area contributed by atoms with E-state index >= 15 is 0 Å². The largest absolute Gasteiger partial charge is 0.350 e. The average Bonchev–Trinajstić information content (AvgIpc) is 2.58. The number of carbonyl (C=O) groups is 2. The van der Waals surface area contributed by atoms with Gasteiger partial charge in [-0.15, -0.1) is 0 Å². The molecule has 0 aliphatic carbocycles. The lowest BCUT2D eigenvalue weighted by Crippen LogP contribution is -2.56. The Balaban J connectivity index is 1.76. The normalized spacial score (nSPS) is 17.2. The molecule has 1 heterocycles. The number of rotatable bonds is 5. The molecule has 138 valence electrons. The Hall–Kier alpha value is -1.88. The maximum atomic E-state index is 12.4. The van der Waals surface area contributed by atoms with Gasteiger partial charge in [0.1, 0.15) is 0 Å². The van der Waals surface area contributed by atoms with Crippen molar-refractivity contribution in [2.24, 2.45) is 0 Å². The van der Waals surface area contributed by atoms with Crippen LogP contribution in [0, 0.1) is 0 Å². The fourth-order valence-corrected chi connectivity index (χ4v) is 3.05. The third kappa shape index (κ3) is 6.16. The van der Waals surface area contributed by atoms with E-state index in [4.69, 9.17) is 0 Å². The topological polar surface area (TPSA) is 52.7 Å². The Labute approximate surface area is 151 Å². The number of piperazine rings is 1. The summed E-state index contributed by atoms with van der Waals surface area (Å²) in [6, 6.07) is 9.94. The van der Waals surface area contributed by atoms with Gasteiger partial charge < -0.3 is 10.2 Å². The quantitative estimate of drug-likeness (QED) is 0.889. The Morgan fingerprint density at radius 2 is 1.68 bits per heavy atom. The Kier molecular flexibility index (Phi) is 6.59. The van der Waals surface area contributed by atoms with Crippen LogP contribution in [0.5, 0.6) is 0 Å². The molecule has 1 unspecified atom stereocenters. The minimum atomic E-state index is -0.222. The van der Waals surface area contributed by atoms with E-state index in [0.717, 1.165) is 19.5 Å². The van der Waals surface area contributed by atoms with Gasteiger partial charge in [-0.25, -0.2) is 0 Å². The number of hydrogen-bond acceptors (Lipinski definition) is 3.